The number of hydrogen-bond acceptors (Lipinski definition) is 9. The van der Waals surface area contributed by atoms with Crippen LogP contribution in [0.1, 0.15) is 22.8 Å². The van der Waals surface area contributed by atoms with Crippen LogP contribution in [0.15, 0.2) is 54.6 Å². The lowest BCUT2D eigenvalue weighted by molar-refractivity contribution is -0.169. The van der Waals surface area contributed by atoms with Gasteiger partial charge < -0.3 is 34.9 Å². The molecule has 0 aliphatic heterocycles. The Bertz CT molecular complexity index is 1400. The van der Waals surface area contributed by atoms with E-state index in [1.54, 1.807) is 38.4 Å². The third-order valence-corrected chi connectivity index (χ3v) is 5.30. The lowest BCUT2D eigenvalue weighted by Crippen LogP contribution is -2.37. The van der Waals surface area contributed by atoms with Gasteiger partial charge in [-0.1, -0.05) is 6.07 Å². The van der Waals surface area contributed by atoms with Crippen LogP contribution >= 0.6 is 0 Å². The minimum Gasteiger partial charge on any atom is -0.493 e. The molecule has 3 aromatic rings. The molecule has 0 aliphatic carbocycles. The van der Waals surface area contributed by atoms with Crippen LogP contribution in [-0.4, -0.2) is 67.9 Å². The van der Waals surface area contributed by atoms with Crippen molar-refractivity contribution in [1.29, 1.82) is 5.41 Å². The molecule has 0 saturated heterocycles. The number of rotatable bonds is 12. The fourth-order valence-electron chi connectivity index (χ4n) is 3.31. The van der Waals surface area contributed by atoms with Crippen molar-refractivity contribution in [2.24, 2.45) is 5.73 Å². The molecule has 11 nitrogen and oxygen atoms in total. The number of anilines is 1. The van der Waals surface area contributed by atoms with Gasteiger partial charge in [-0.25, -0.2) is 4.79 Å². The third kappa shape index (κ3) is 7.34. The smallest absolute Gasteiger partial charge is 0.378 e. The van der Waals surface area contributed by atoms with Crippen molar-refractivity contribution in [3.05, 3.63) is 65.7 Å². The molecule has 0 aliphatic rings. The Morgan fingerprint density at radius 3 is 2.45 bits per heavy atom. The molecule has 0 radical (unpaired) electrons. The van der Waals surface area contributed by atoms with Crippen LogP contribution in [0.25, 0.3) is 0 Å². The molecule has 1 heterocycles. The van der Waals surface area contributed by atoms with Crippen molar-refractivity contribution in [3.63, 3.8) is 0 Å². The Balaban J connectivity index is 1.98. The molecule has 0 saturated carbocycles. The van der Waals surface area contributed by atoms with Gasteiger partial charge in [-0.2, -0.15) is 13.8 Å². The molecule has 3 rings (SSSR count). The summed E-state index contributed by atoms with van der Waals surface area (Å²) < 4.78 is 50.1. The van der Waals surface area contributed by atoms with E-state index in [1.165, 1.54) is 49.3 Å². The molecule has 0 spiro atoms. The molecular formula is C27H29F2N5O6. The summed E-state index contributed by atoms with van der Waals surface area (Å²) in [5.41, 5.74) is 6.27. The van der Waals surface area contributed by atoms with Gasteiger partial charge in [0.15, 0.2) is 11.5 Å². The topological polar surface area (TPSA) is 149 Å². The standard InChI is InChI=1S/C27H29F2N5O6/c1-5-38-26(36)27(28,29)15-32-19-10-12-22(39-18-8-6-7-17(13-18)25(35)34(2)3)33-24(19)40-21-14-16(23(30)31)9-11-20(21)37-4/h6-14,32H,5,15H2,1-4H3,(H3,30,31). The van der Waals surface area contributed by atoms with Crippen LogP contribution in [0.4, 0.5) is 14.5 Å². The Hall–Kier alpha value is -4.94. The number of benzene rings is 2. The van der Waals surface area contributed by atoms with Crippen LogP contribution < -0.4 is 25.3 Å². The van der Waals surface area contributed by atoms with Crippen molar-refractivity contribution in [1.82, 2.24) is 9.88 Å². The second-order valence-electron chi connectivity index (χ2n) is 8.49. The first-order valence-electron chi connectivity index (χ1n) is 11.9. The number of amidine groups is 1. The van der Waals surface area contributed by atoms with E-state index in [0.29, 0.717) is 11.1 Å². The molecule has 0 bridgehead atoms. The number of nitrogens with zero attached hydrogens (tertiary/aromatic N) is 2. The maximum absolute atomic E-state index is 14.3. The number of ether oxygens (including phenoxy) is 4. The number of esters is 1. The molecule has 0 atom stereocenters. The number of aromatic nitrogens is 1. The summed E-state index contributed by atoms with van der Waals surface area (Å²) >= 11 is 0. The number of nitrogens with two attached hydrogens (primary N) is 1. The van der Waals surface area contributed by atoms with E-state index in [1.807, 2.05) is 0 Å². The zero-order valence-corrected chi connectivity index (χ0v) is 22.3. The van der Waals surface area contributed by atoms with Gasteiger partial charge in [0.2, 0.25) is 11.8 Å². The van der Waals surface area contributed by atoms with Crippen LogP contribution in [0.3, 0.4) is 0 Å². The summed E-state index contributed by atoms with van der Waals surface area (Å²) in [4.78, 5) is 29.7. The molecule has 4 N–H and O–H groups in total. The number of pyridine rings is 1. The molecule has 13 heteroatoms. The summed E-state index contributed by atoms with van der Waals surface area (Å²) in [5, 5.41) is 10.2. The summed E-state index contributed by atoms with van der Waals surface area (Å²) in [6.07, 6.45) is 0. The number of nitrogens with one attached hydrogen (secondary N) is 2. The average molecular weight is 558 g/mol. The summed E-state index contributed by atoms with van der Waals surface area (Å²) in [6.45, 7) is 0.109. The molecule has 1 amide bonds. The number of amides is 1. The van der Waals surface area contributed by atoms with Gasteiger partial charge in [-0.3, -0.25) is 10.2 Å². The van der Waals surface area contributed by atoms with Crippen molar-refractivity contribution in [2.45, 2.75) is 12.8 Å². The Morgan fingerprint density at radius 2 is 1.80 bits per heavy atom. The van der Waals surface area contributed by atoms with Crippen LogP contribution in [0.2, 0.25) is 0 Å². The van der Waals surface area contributed by atoms with Gasteiger partial charge in [-0.05, 0) is 49.4 Å². The predicted octanol–water partition coefficient (Wildman–Crippen LogP) is 4.27. The SMILES string of the molecule is CCOC(=O)C(F)(F)CNc1ccc(Oc2cccc(C(=O)N(C)C)c2)nc1Oc1cc(C(=N)N)ccc1OC. The first kappa shape index (κ1) is 29.6. The van der Waals surface area contributed by atoms with Crippen molar-refractivity contribution in [3.8, 4) is 29.0 Å². The van der Waals surface area contributed by atoms with Crippen molar-refractivity contribution in [2.75, 3.05) is 39.7 Å². The largest absolute Gasteiger partial charge is 0.493 e. The molecule has 0 unspecified atom stereocenters. The maximum atomic E-state index is 14.3. The highest BCUT2D eigenvalue weighted by atomic mass is 19.3. The Labute approximate surface area is 229 Å². The number of carbonyl (C=O) groups is 2. The highest BCUT2D eigenvalue weighted by Crippen LogP contribution is 2.37. The normalized spacial score (nSPS) is 10.8. The lowest BCUT2D eigenvalue weighted by atomic mass is 10.2. The van der Waals surface area contributed by atoms with Gasteiger partial charge >= 0.3 is 11.9 Å². The van der Waals surface area contributed by atoms with Crippen molar-refractivity contribution >= 4 is 23.4 Å². The third-order valence-electron chi connectivity index (χ3n) is 5.30. The minimum atomic E-state index is -3.84. The van der Waals surface area contributed by atoms with Crippen LogP contribution in [0, 0.1) is 5.41 Å². The Morgan fingerprint density at radius 1 is 1.05 bits per heavy atom. The van der Waals surface area contributed by atoms with E-state index in [0.717, 1.165) is 0 Å². The zero-order chi connectivity index (χ0) is 29.4. The molecule has 2 aromatic carbocycles. The van der Waals surface area contributed by atoms with Crippen molar-refractivity contribution < 1.29 is 37.3 Å². The summed E-state index contributed by atoms with van der Waals surface area (Å²) in [5.74, 6) is -5.58. The fraction of sp³-hybridized carbons (Fsp3) is 0.259. The number of halogens is 2. The van der Waals surface area contributed by atoms with E-state index in [9.17, 15) is 18.4 Å². The average Bonchev–Trinajstić information content (AvgIpc) is 2.92. The van der Waals surface area contributed by atoms with E-state index in [2.05, 4.69) is 15.0 Å². The van der Waals surface area contributed by atoms with Gasteiger partial charge in [0.1, 0.15) is 11.6 Å². The highest BCUT2D eigenvalue weighted by Gasteiger charge is 2.40. The second kappa shape index (κ2) is 12.7. The minimum absolute atomic E-state index is 0.00819. The van der Waals surface area contributed by atoms with Crippen LogP contribution in [0.5, 0.6) is 29.0 Å². The van der Waals surface area contributed by atoms with Gasteiger partial charge in [0, 0.05) is 31.3 Å². The lowest BCUT2D eigenvalue weighted by Gasteiger charge is -2.19. The first-order chi connectivity index (χ1) is 18.9. The maximum Gasteiger partial charge on any atom is 0.378 e. The molecule has 0 fully saturated rings. The number of alkyl halides is 2. The quantitative estimate of drug-likeness (QED) is 0.169. The van der Waals surface area contributed by atoms with Gasteiger partial charge in [0.05, 0.1) is 25.9 Å². The van der Waals surface area contributed by atoms with E-state index in [4.69, 9.17) is 25.4 Å². The molecular weight excluding hydrogens is 528 g/mol. The summed E-state index contributed by atoms with van der Waals surface area (Å²) in [7, 11) is 4.63. The van der Waals surface area contributed by atoms with E-state index < -0.39 is 18.4 Å². The number of methoxy groups -OCH3 is 1. The fourth-order valence-corrected chi connectivity index (χ4v) is 3.31. The van der Waals surface area contributed by atoms with Crippen LogP contribution in [-0.2, 0) is 9.53 Å². The van der Waals surface area contributed by atoms with E-state index >= 15 is 0 Å². The summed E-state index contributed by atoms with van der Waals surface area (Å²) in [6, 6.07) is 13.6. The predicted molar refractivity (Wildman–Crippen MR) is 143 cm³/mol. The molecule has 40 heavy (non-hydrogen) atoms. The van der Waals surface area contributed by atoms with Gasteiger partial charge in [0.25, 0.3) is 5.91 Å². The number of nitrogen functional groups attached to an aromatic ring is 1. The Kier molecular flexibility index (Phi) is 9.43. The monoisotopic (exact) mass is 557 g/mol. The first-order valence-corrected chi connectivity index (χ1v) is 11.9. The molecule has 1 aromatic heterocycles. The second-order valence-corrected chi connectivity index (χ2v) is 8.49. The number of hydrogen-bond donors (Lipinski definition) is 3. The highest BCUT2D eigenvalue weighted by molar-refractivity contribution is 5.95. The zero-order valence-electron chi connectivity index (χ0n) is 22.3. The molecule has 212 valence electrons. The van der Waals surface area contributed by atoms with E-state index in [-0.39, 0.29) is 53.0 Å². The van der Waals surface area contributed by atoms with Gasteiger partial charge in [-0.15, -0.1) is 0 Å². The number of carbonyl (C=O) groups excluding carboxylic acids is 2.